The number of thioether (sulfide) groups is 1. The van der Waals surface area contributed by atoms with Gasteiger partial charge in [-0.15, -0.1) is 0 Å². The molecule has 0 aliphatic carbocycles. The molecule has 1 unspecified atom stereocenters. The minimum atomic E-state index is -3.57. The molecule has 100 valence electrons. The summed E-state index contributed by atoms with van der Waals surface area (Å²) in [6.07, 6.45) is 4.92. The lowest BCUT2D eigenvalue weighted by Crippen LogP contribution is -2.37. The Morgan fingerprint density at radius 2 is 2.39 bits per heavy atom. The first-order chi connectivity index (χ1) is 8.43. The Bertz CT molecular complexity index is 525. The summed E-state index contributed by atoms with van der Waals surface area (Å²) in [6, 6.07) is 1.49. The number of nitrogens with zero attached hydrogens (tertiary/aromatic N) is 1. The van der Waals surface area contributed by atoms with Crippen molar-refractivity contribution >= 4 is 27.5 Å². The molecule has 0 spiro atoms. The summed E-state index contributed by atoms with van der Waals surface area (Å²) < 4.78 is 26.8. The zero-order valence-corrected chi connectivity index (χ0v) is 11.9. The van der Waals surface area contributed by atoms with Gasteiger partial charge < -0.3 is 5.73 Å². The smallest absolute Gasteiger partial charge is 0.244 e. The molecule has 0 aromatic carbocycles. The molecule has 1 aliphatic rings. The maximum absolute atomic E-state index is 12.1. The van der Waals surface area contributed by atoms with Gasteiger partial charge in [0.15, 0.2) is 0 Å². The predicted molar refractivity (Wildman–Crippen MR) is 73.9 cm³/mol. The van der Waals surface area contributed by atoms with Crippen LogP contribution in [0.15, 0.2) is 23.4 Å². The van der Waals surface area contributed by atoms with Crippen molar-refractivity contribution in [3.05, 3.63) is 18.5 Å². The Labute approximate surface area is 112 Å². The molecule has 1 fully saturated rings. The highest BCUT2D eigenvalue weighted by Gasteiger charge is 2.31. The van der Waals surface area contributed by atoms with Crippen LogP contribution >= 0.6 is 11.8 Å². The van der Waals surface area contributed by atoms with E-state index in [2.05, 4.69) is 16.6 Å². The number of rotatable bonds is 4. The number of nitrogens with one attached hydrogen (secondary N) is 1. The summed E-state index contributed by atoms with van der Waals surface area (Å²) in [5.74, 6) is 1.09. The Hall–Kier alpha value is -0.790. The number of nitrogen functional groups attached to an aromatic ring is 1. The molecular weight excluding hydrogens is 270 g/mol. The van der Waals surface area contributed by atoms with Gasteiger partial charge in [-0.1, -0.05) is 0 Å². The van der Waals surface area contributed by atoms with Crippen molar-refractivity contribution in [1.29, 1.82) is 0 Å². The third kappa shape index (κ3) is 2.96. The molecule has 2 rings (SSSR count). The normalized spacial score (nSPS) is 24.3. The molecule has 7 heteroatoms. The van der Waals surface area contributed by atoms with E-state index in [1.165, 1.54) is 18.5 Å². The molecule has 0 radical (unpaired) electrons. The lowest BCUT2D eigenvalue weighted by atomic mass is 10.1. The zero-order chi connectivity index (χ0) is 13.2. The fourth-order valence-corrected chi connectivity index (χ4v) is 4.49. The van der Waals surface area contributed by atoms with E-state index in [1.807, 2.05) is 11.8 Å². The first-order valence-corrected chi connectivity index (χ1v) is 8.23. The topological polar surface area (TPSA) is 85.1 Å². The van der Waals surface area contributed by atoms with E-state index in [9.17, 15) is 8.42 Å². The summed E-state index contributed by atoms with van der Waals surface area (Å²) in [6.45, 7) is 2.51. The van der Waals surface area contributed by atoms with Gasteiger partial charge in [0, 0.05) is 23.7 Å². The maximum Gasteiger partial charge on any atom is 0.244 e. The summed E-state index contributed by atoms with van der Waals surface area (Å²) in [5.41, 5.74) is 5.88. The van der Waals surface area contributed by atoms with Crippen molar-refractivity contribution in [2.45, 2.75) is 29.4 Å². The predicted octanol–water partition coefficient (Wildman–Crippen LogP) is 1.23. The standard InChI is InChI=1S/C11H17N3O2S2/c1-11(4-2-6-17-11)8-14-18(15,16)10-7-13-5-3-9(10)12/h3,5,7,14H,2,4,6,8H2,1H3,(H2,12,13). The molecule has 2 heterocycles. The van der Waals surface area contributed by atoms with E-state index in [4.69, 9.17) is 5.73 Å². The number of aromatic nitrogens is 1. The Morgan fingerprint density at radius 1 is 1.61 bits per heavy atom. The second kappa shape index (κ2) is 5.07. The number of sulfonamides is 1. The highest BCUT2D eigenvalue weighted by molar-refractivity contribution is 8.01. The van der Waals surface area contributed by atoms with E-state index in [-0.39, 0.29) is 15.3 Å². The van der Waals surface area contributed by atoms with Gasteiger partial charge in [-0.25, -0.2) is 13.1 Å². The number of pyridine rings is 1. The first-order valence-electron chi connectivity index (χ1n) is 5.76. The average molecular weight is 287 g/mol. The summed E-state index contributed by atoms with van der Waals surface area (Å²) >= 11 is 1.81. The van der Waals surface area contributed by atoms with Gasteiger partial charge in [0.1, 0.15) is 4.90 Å². The quantitative estimate of drug-likeness (QED) is 0.870. The van der Waals surface area contributed by atoms with Crippen molar-refractivity contribution in [3.63, 3.8) is 0 Å². The van der Waals surface area contributed by atoms with Gasteiger partial charge in [0.05, 0.1) is 5.69 Å². The third-order valence-corrected chi connectivity index (χ3v) is 6.03. The minimum Gasteiger partial charge on any atom is -0.398 e. The van der Waals surface area contributed by atoms with E-state index < -0.39 is 10.0 Å². The third-order valence-electron chi connectivity index (χ3n) is 3.04. The Morgan fingerprint density at radius 3 is 3.00 bits per heavy atom. The summed E-state index contributed by atoms with van der Waals surface area (Å²) in [5, 5.41) is 0. The van der Waals surface area contributed by atoms with Gasteiger partial charge >= 0.3 is 0 Å². The molecule has 1 aromatic heterocycles. The summed E-state index contributed by atoms with van der Waals surface area (Å²) in [7, 11) is -3.57. The van der Waals surface area contributed by atoms with Gasteiger partial charge in [0.25, 0.3) is 0 Å². The van der Waals surface area contributed by atoms with Crippen LogP contribution in [0.5, 0.6) is 0 Å². The van der Waals surface area contributed by atoms with Crippen LogP contribution in [0, 0.1) is 0 Å². The van der Waals surface area contributed by atoms with Gasteiger partial charge in [-0.05, 0) is 31.6 Å². The molecule has 0 bridgehead atoms. The van der Waals surface area contributed by atoms with Crippen LogP contribution in [0.25, 0.3) is 0 Å². The average Bonchev–Trinajstić information content (AvgIpc) is 2.75. The van der Waals surface area contributed by atoms with Crippen LogP contribution in [-0.4, -0.2) is 30.4 Å². The van der Waals surface area contributed by atoms with Crippen LogP contribution in [0.4, 0.5) is 5.69 Å². The molecule has 1 aliphatic heterocycles. The van der Waals surface area contributed by atoms with E-state index in [0.717, 1.165) is 18.6 Å². The molecule has 1 saturated heterocycles. The highest BCUT2D eigenvalue weighted by atomic mass is 32.2. The minimum absolute atomic E-state index is 0.00988. The van der Waals surface area contributed by atoms with Crippen molar-refractivity contribution in [1.82, 2.24) is 9.71 Å². The van der Waals surface area contributed by atoms with Gasteiger partial charge in [-0.2, -0.15) is 11.8 Å². The van der Waals surface area contributed by atoms with Gasteiger partial charge in [0.2, 0.25) is 10.0 Å². The fourth-order valence-electron chi connectivity index (χ4n) is 1.92. The lowest BCUT2D eigenvalue weighted by Gasteiger charge is -2.22. The van der Waals surface area contributed by atoms with Crippen molar-refractivity contribution < 1.29 is 8.42 Å². The van der Waals surface area contributed by atoms with E-state index >= 15 is 0 Å². The summed E-state index contributed by atoms with van der Waals surface area (Å²) in [4.78, 5) is 3.86. The number of nitrogens with two attached hydrogens (primary N) is 1. The molecule has 0 saturated carbocycles. The molecule has 1 atom stereocenters. The SMILES string of the molecule is CC1(CNS(=O)(=O)c2cnccc2N)CCCS1. The lowest BCUT2D eigenvalue weighted by molar-refractivity contribution is 0.552. The number of hydrogen-bond donors (Lipinski definition) is 2. The fraction of sp³-hybridized carbons (Fsp3) is 0.545. The molecule has 0 amide bonds. The molecular formula is C11H17N3O2S2. The monoisotopic (exact) mass is 287 g/mol. The van der Waals surface area contributed by atoms with E-state index in [1.54, 1.807) is 0 Å². The molecule has 3 N–H and O–H groups in total. The zero-order valence-electron chi connectivity index (χ0n) is 10.2. The number of anilines is 1. The van der Waals surface area contributed by atoms with Crippen LogP contribution in [-0.2, 0) is 10.0 Å². The maximum atomic E-state index is 12.1. The molecule has 18 heavy (non-hydrogen) atoms. The number of hydrogen-bond acceptors (Lipinski definition) is 5. The van der Waals surface area contributed by atoms with Gasteiger partial charge in [-0.3, -0.25) is 4.98 Å². The van der Waals surface area contributed by atoms with Crippen LogP contribution in [0.3, 0.4) is 0 Å². The second-order valence-corrected chi connectivity index (χ2v) is 8.06. The first kappa shape index (κ1) is 13.6. The Balaban J connectivity index is 2.11. The van der Waals surface area contributed by atoms with Crippen LogP contribution in [0.1, 0.15) is 19.8 Å². The van der Waals surface area contributed by atoms with Crippen LogP contribution < -0.4 is 10.5 Å². The second-order valence-electron chi connectivity index (χ2n) is 4.64. The highest BCUT2D eigenvalue weighted by Crippen LogP contribution is 2.37. The Kier molecular flexibility index (Phi) is 3.84. The van der Waals surface area contributed by atoms with Crippen molar-refractivity contribution in [3.8, 4) is 0 Å². The molecule has 1 aromatic rings. The van der Waals surface area contributed by atoms with Crippen molar-refractivity contribution in [2.24, 2.45) is 0 Å². The largest absolute Gasteiger partial charge is 0.398 e. The molecule has 5 nitrogen and oxygen atoms in total. The van der Waals surface area contributed by atoms with Crippen molar-refractivity contribution in [2.75, 3.05) is 18.0 Å². The van der Waals surface area contributed by atoms with Crippen LogP contribution in [0.2, 0.25) is 0 Å². The van der Waals surface area contributed by atoms with E-state index in [0.29, 0.717) is 6.54 Å².